The van der Waals surface area contributed by atoms with E-state index in [1.165, 1.54) is 0 Å². The highest BCUT2D eigenvalue weighted by atomic mass is 79.9. The second-order valence-corrected chi connectivity index (χ2v) is 7.47. The Morgan fingerprint density at radius 3 is 2.64 bits per heavy atom. The van der Waals surface area contributed by atoms with E-state index in [1.807, 2.05) is 41.3 Å². The Balaban J connectivity index is 1.55. The number of thiophene rings is 1. The minimum absolute atomic E-state index is 0.0743. The summed E-state index contributed by atoms with van der Waals surface area (Å²) < 4.78 is 1.07. The highest BCUT2D eigenvalue weighted by Crippen LogP contribution is 2.23. The van der Waals surface area contributed by atoms with Crippen molar-refractivity contribution in [2.24, 2.45) is 0 Å². The molecule has 0 radical (unpaired) electrons. The van der Waals surface area contributed by atoms with Crippen LogP contribution in [0.3, 0.4) is 0 Å². The number of hydrogen-bond acceptors (Lipinski definition) is 4. The molecular formula is C16H16BrN3OS. The van der Waals surface area contributed by atoms with Gasteiger partial charge in [-0.25, -0.2) is 4.98 Å². The summed E-state index contributed by atoms with van der Waals surface area (Å²) in [5.41, 5.74) is 0. The lowest BCUT2D eigenvalue weighted by atomic mass is 10.3. The molecule has 6 heteroatoms. The summed E-state index contributed by atoms with van der Waals surface area (Å²) in [6.07, 6.45) is 5.34. The van der Waals surface area contributed by atoms with Crippen LogP contribution >= 0.6 is 27.3 Å². The maximum Gasteiger partial charge on any atom is 0.246 e. The van der Waals surface area contributed by atoms with Gasteiger partial charge in [-0.1, -0.05) is 6.07 Å². The van der Waals surface area contributed by atoms with Gasteiger partial charge >= 0.3 is 0 Å². The maximum atomic E-state index is 12.2. The number of aromatic nitrogens is 1. The quantitative estimate of drug-likeness (QED) is 0.770. The van der Waals surface area contributed by atoms with Crippen molar-refractivity contribution in [3.8, 4) is 0 Å². The average molecular weight is 378 g/mol. The molecule has 1 aliphatic rings. The summed E-state index contributed by atoms with van der Waals surface area (Å²) in [4.78, 5) is 21.8. The molecule has 1 amide bonds. The molecule has 1 fully saturated rings. The van der Waals surface area contributed by atoms with Crippen LogP contribution in [0.1, 0.15) is 4.88 Å². The van der Waals surface area contributed by atoms with Crippen LogP contribution in [0.2, 0.25) is 0 Å². The van der Waals surface area contributed by atoms with Gasteiger partial charge in [-0.2, -0.15) is 0 Å². The predicted octanol–water partition coefficient (Wildman–Crippen LogP) is 3.27. The highest BCUT2D eigenvalue weighted by Gasteiger charge is 2.20. The molecule has 0 atom stereocenters. The number of carbonyl (C=O) groups is 1. The van der Waals surface area contributed by atoms with Crippen LogP contribution in [-0.2, 0) is 4.79 Å². The van der Waals surface area contributed by atoms with Crippen LogP contribution in [0.25, 0.3) is 6.08 Å². The zero-order valence-corrected chi connectivity index (χ0v) is 14.4. The molecule has 0 aromatic carbocycles. The normalized spacial score (nSPS) is 15.5. The zero-order valence-electron chi connectivity index (χ0n) is 12.0. The van der Waals surface area contributed by atoms with Gasteiger partial charge in [0, 0.05) is 43.3 Å². The number of pyridine rings is 1. The minimum Gasteiger partial charge on any atom is -0.353 e. The monoisotopic (exact) mass is 377 g/mol. The fourth-order valence-electron chi connectivity index (χ4n) is 2.37. The van der Waals surface area contributed by atoms with Gasteiger partial charge in [0.15, 0.2) is 0 Å². The molecule has 0 N–H and O–H groups in total. The van der Waals surface area contributed by atoms with Crippen molar-refractivity contribution in [1.82, 2.24) is 9.88 Å². The molecule has 0 saturated carbocycles. The lowest BCUT2D eigenvalue weighted by Crippen LogP contribution is -2.48. The molecule has 2 aromatic heterocycles. The Kier molecular flexibility index (Phi) is 4.90. The average Bonchev–Trinajstić information content (AvgIpc) is 2.99. The number of nitrogens with zero attached hydrogens (tertiary/aromatic N) is 3. The standard InChI is InChI=1S/C16H16BrN3OS/c17-14-6-4-13(22-14)5-7-16(21)20-11-9-19(10-12-20)15-3-1-2-8-18-15/h1-8H,9-12H2/b7-5-. The van der Waals surface area contributed by atoms with Crippen LogP contribution < -0.4 is 4.90 Å². The minimum atomic E-state index is 0.0743. The molecule has 4 nitrogen and oxygen atoms in total. The van der Waals surface area contributed by atoms with Crippen molar-refractivity contribution in [1.29, 1.82) is 0 Å². The number of hydrogen-bond donors (Lipinski definition) is 0. The summed E-state index contributed by atoms with van der Waals surface area (Å²) in [5.74, 6) is 1.05. The summed E-state index contributed by atoms with van der Waals surface area (Å²) >= 11 is 5.04. The number of amides is 1. The molecule has 22 heavy (non-hydrogen) atoms. The van der Waals surface area contributed by atoms with Gasteiger partial charge in [0.25, 0.3) is 0 Å². The van der Waals surface area contributed by atoms with Gasteiger partial charge < -0.3 is 9.80 Å². The van der Waals surface area contributed by atoms with Crippen LogP contribution in [0, 0.1) is 0 Å². The number of halogens is 1. The molecule has 114 valence electrons. The van der Waals surface area contributed by atoms with E-state index >= 15 is 0 Å². The van der Waals surface area contributed by atoms with Crippen molar-refractivity contribution in [3.63, 3.8) is 0 Å². The Morgan fingerprint density at radius 2 is 2.00 bits per heavy atom. The summed E-state index contributed by atoms with van der Waals surface area (Å²) in [7, 11) is 0. The highest BCUT2D eigenvalue weighted by molar-refractivity contribution is 9.11. The van der Waals surface area contributed by atoms with Gasteiger partial charge in [-0.3, -0.25) is 4.79 Å². The van der Waals surface area contributed by atoms with Crippen LogP contribution in [0.4, 0.5) is 5.82 Å². The molecule has 1 aliphatic heterocycles. The SMILES string of the molecule is O=C(/C=C\c1ccc(Br)s1)N1CCN(c2ccccn2)CC1. The number of piperazine rings is 1. The first-order valence-corrected chi connectivity index (χ1v) is 8.71. The summed E-state index contributed by atoms with van der Waals surface area (Å²) in [6.45, 7) is 3.10. The van der Waals surface area contributed by atoms with E-state index in [9.17, 15) is 4.79 Å². The Hall–Kier alpha value is -1.66. The van der Waals surface area contributed by atoms with E-state index in [2.05, 4.69) is 25.8 Å². The van der Waals surface area contributed by atoms with Crippen molar-refractivity contribution in [3.05, 3.63) is 51.3 Å². The van der Waals surface area contributed by atoms with E-state index < -0.39 is 0 Å². The number of rotatable bonds is 3. The zero-order chi connectivity index (χ0) is 15.4. The summed E-state index contributed by atoms with van der Waals surface area (Å²) in [6, 6.07) is 9.89. The van der Waals surface area contributed by atoms with Crippen LogP contribution in [0.5, 0.6) is 0 Å². The lowest BCUT2D eigenvalue weighted by Gasteiger charge is -2.34. The molecule has 0 spiro atoms. The first kappa shape index (κ1) is 15.2. The smallest absolute Gasteiger partial charge is 0.246 e. The third-order valence-corrected chi connectivity index (χ3v) is 5.14. The number of anilines is 1. The molecule has 0 bridgehead atoms. The van der Waals surface area contributed by atoms with Gasteiger partial charge in [0.2, 0.25) is 5.91 Å². The third kappa shape index (κ3) is 3.75. The van der Waals surface area contributed by atoms with E-state index in [0.29, 0.717) is 0 Å². The summed E-state index contributed by atoms with van der Waals surface area (Å²) in [5, 5.41) is 0. The van der Waals surface area contributed by atoms with Crippen molar-refractivity contribution < 1.29 is 4.79 Å². The lowest BCUT2D eigenvalue weighted by molar-refractivity contribution is -0.126. The van der Waals surface area contributed by atoms with E-state index in [4.69, 9.17) is 0 Å². The third-order valence-electron chi connectivity index (χ3n) is 3.55. The van der Waals surface area contributed by atoms with Gasteiger partial charge in [0.05, 0.1) is 3.79 Å². The topological polar surface area (TPSA) is 36.4 Å². The Bertz CT molecular complexity index is 663. The molecule has 0 aliphatic carbocycles. The second kappa shape index (κ2) is 7.07. The first-order chi connectivity index (χ1) is 10.7. The molecule has 0 unspecified atom stereocenters. The van der Waals surface area contributed by atoms with Gasteiger partial charge in [0.1, 0.15) is 5.82 Å². The molecule has 3 rings (SSSR count). The largest absolute Gasteiger partial charge is 0.353 e. The van der Waals surface area contributed by atoms with E-state index in [0.717, 1.165) is 40.7 Å². The van der Waals surface area contributed by atoms with Crippen molar-refractivity contribution in [2.45, 2.75) is 0 Å². The van der Waals surface area contributed by atoms with Crippen molar-refractivity contribution >= 4 is 45.1 Å². The van der Waals surface area contributed by atoms with Crippen molar-refractivity contribution in [2.75, 3.05) is 31.1 Å². The molecule has 2 aromatic rings. The van der Waals surface area contributed by atoms with Gasteiger partial charge in [-0.15, -0.1) is 11.3 Å². The van der Waals surface area contributed by atoms with E-state index in [-0.39, 0.29) is 5.91 Å². The maximum absolute atomic E-state index is 12.2. The fourth-order valence-corrected chi connectivity index (χ4v) is 3.70. The second-order valence-electron chi connectivity index (χ2n) is 4.98. The fraction of sp³-hybridized carbons (Fsp3) is 0.250. The first-order valence-electron chi connectivity index (χ1n) is 7.11. The van der Waals surface area contributed by atoms with Crippen LogP contribution in [0.15, 0.2) is 46.4 Å². The Morgan fingerprint density at radius 1 is 1.18 bits per heavy atom. The predicted molar refractivity (Wildman–Crippen MR) is 94.1 cm³/mol. The number of carbonyl (C=O) groups excluding carboxylic acids is 1. The Labute approximate surface area is 142 Å². The molecular weight excluding hydrogens is 362 g/mol. The van der Waals surface area contributed by atoms with Gasteiger partial charge in [-0.05, 0) is 46.3 Å². The molecule has 3 heterocycles. The van der Waals surface area contributed by atoms with Crippen LogP contribution in [-0.4, -0.2) is 42.0 Å². The van der Waals surface area contributed by atoms with E-state index in [1.54, 1.807) is 23.6 Å². The molecule has 1 saturated heterocycles.